The fraction of sp³-hybridized carbons (Fsp3) is 0.318. The van der Waals surface area contributed by atoms with Crippen molar-refractivity contribution < 1.29 is 18.4 Å². The molecule has 8 nitrogen and oxygen atoms in total. The van der Waals surface area contributed by atoms with Crippen LogP contribution in [0.3, 0.4) is 0 Å². The molecule has 1 fully saturated rings. The molecule has 1 saturated carbocycles. The number of aromatic nitrogens is 4. The zero-order valence-corrected chi connectivity index (χ0v) is 17.8. The van der Waals surface area contributed by atoms with Crippen LogP contribution in [0.1, 0.15) is 42.2 Å². The number of halogens is 2. The summed E-state index contributed by atoms with van der Waals surface area (Å²) in [6.07, 6.45) is 0.613. The highest BCUT2D eigenvalue weighted by Gasteiger charge is 2.43. The van der Waals surface area contributed by atoms with Crippen molar-refractivity contribution in [1.29, 1.82) is 0 Å². The Labute approximate surface area is 183 Å². The maximum atomic E-state index is 14.5. The molecule has 0 unspecified atom stereocenters. The second-order valence-electron chi connectivity index (χ2n) is 8.01. The summed E-state index contributed by atoms with van der Waals surface area (Å²) in [4.78, 5) is 29.2. The number of anilines is 2. The highest BCUT2D eigenvalue weighted by atomic mass is 19.1. The molecule has 2 atom stereocenters. The Morgan fingerprint density at radius 2 is 1.97 bits per heavy atom. The monoisotopic (exact) mass is 440 g/mol. The van der Waals surface area contributed by atoms with Crippen LogP contribution in [0.15, 0.2) is 36.7 Å². The third-order valence-corrected chi connectivity index (χ3v) is 5.22. The lowest BCUT2D eigenvalue weighted by Crippen LogP contribution is -2.19. The van der Waals surface area contributed by atoms with Gasteiger partial charge in [-0.1, -0.05) is 6.07 Å². The maximum Gasteiger partial charge on any atom is 0.259 e. The smallest absolute Gasteiger partial charge is 0.259 e. The molecule has 1 aliphatic carbocycles. The Bertz CT molecular complexity index is 1190. The zero-order chi connectivity index (χ0) is 23.0. The maximum absolute atomic E-state index is 14.5. The summed E-state index contributed by atoms with van der Waals surface area (Å²) < 4.78 is 29.5. The van der Waals surface area contributed by atoms with E-state index in [1.165, 1.54) is 6.07 Å². The highest BCUT2D eigenvalue weighted by Crippen LogP contribution is 2.35. The molecule has 0 bridgehead atoms. The molecular formula is C22H22F2N6O2. The first-order valence-electron chi connectivity index (χ1n) is 10.2. The Morgan fingerprint density at radius 1 is 1.22 bits per heavy atom. The largest absolute Gasteiger partial charge is 0.325 e. The molecule has 4 rings (SSSR count). The Morgan fingerprint density at radius 3 is 2.66 bits per heavy atom. The molecule has 166 valence electrons. The molecule has 0 spiro atoms. The van der Waals surface area contributed by atoms with Crippen LogP contribution >= 0.6 is 0 Å². The molecule has 1 aliphatic rings. The summed E-state index contributed by atoms with van der Waals surface area (Å²) >= 11 is 0. The third kappa shape index (κ3) is 4.34. The van der Waals surface area contributed by atoms with Gasteiger partial charge in [0.25, 0.3) is 5.91 Å². The van der Waals surface area contributed by atoms with E-state index >= 15 is 0 Å². The molecule has 0 radical (unpaired) electrons. The number of carbonyl (C=O) groups excluding carboxylic acids is 2. The summed E-state index contributed by atoms with van der Waals surface area (Å²) in [7, 11) is 0. The van der Waals surface area contributed by atoms with Crippen LogP contribution in [-0.2, 0) is 4.79 Å². The molecule has 3 aromatic rings. The number of nitrogens with zero attached hydrogens (tertiary/aromatic N) is 4. The van der Waals surface area contributed by atoms with Crippen molar-refractivity contribution in [1.82, 2.24) is 19.7 Å². The second kappa shape index (κ2) is 8.45. The van der Waals surface area contributed by atoms with Crippen molar-refractivity contribution in [2.75, 3.05) is 10.6 Å². The lowest BCUT2D eigenvalue weighted by Gasteiger charge is -2.13. The lowest BCUT2D eigenvalue weighted by molar-refractivity contribution is -0.117. The van der Waals surface area contributed by atoms with Crippen LogP contribution in [-0.4, -0.2) is 37.7 Å². The zero-order valence-electron chi connectivity index (χ0n) is 17.8. The summed E-state index contributed by atoms with van der Waals surface area (Å²) in [6, 6.07) is 7.50. The first kappa shape index (κ1) is 21.5. The van der Waals surface area contributed by atoms with Gasteiger partial charge in [0.1, 0.15) is 29.8 Å². The van der Waals surface area contributed by atoms with Gasteiger partial charge in [-0.25, -0.2) is 13.8 Å². The van der Waals surface area contributed by atoms with Crippen molar-refractivity contribution in [2.24, 2.45) is 5.92 Å². The molecule has 10 heteroatoms. The van der Waals surface area contributed by atoms with Gasteiger partial charge in [-0.3, -0.25) is 9.59 Å². The Balaban J connectivity index is 1.56. The van der Waals surface area contributed by atoms with Crippen LogP contribution in [0.2, 0.25) is 0 Å². The van der Waals surface area contributed by atoms with E-state index in [1.54, 1.807) is 31.5 Å². The number of benzene rings is 1. The fourth-order valence-corrected chi connectivity index (χ4v) is 3.26. The van der Waals surface area contributed by atoms with E-state index in [4.69, 9.17) is 0 Å². The predicted molar refractivity (Wildman–Crippen MR) is 114 cm³/mol. The molecule has 2 heterocycles. The molecule has 2 aromatic heterocycles. The normalized spacial score (nSPS) is 17.3. The number of nitrogens with one attached hydrogen (secondary N) is 2. The van der Waals surface area contributed by atoms with Gasteiger partial charge in [0.05, 0.1) is 11.5 Å². The first-order chi connectivity index (χ1) is 15.2. The highest BCUT2D eigenvalue weighted by molar-refractivity contribution is 6.05. The van der Waals surface area contributed by atoms with Gasteiger partial charge in [0.15, 0.2) is 5.82 Å². The van der Waals surface area contributed by atoms with E-state index < -0.39 is 29.7 Å². The van der Waals surface area contributed by atoms with Crippen LogP contribution in [0.25, 0.3) is 11.5 Å². The van der Waals surface area contributed by atoms with Gasteiger partial charge in [0, 0.05) is 11.7 Å². The Hall–Kier alpha value is -3.69. The number of hydrogen-bond donors (Lipinski definition) is 2. The lowest BCUT2D eigenvalue weighted by atomic mass is 10.1. The van der Waals surface area contributed by atoms with Gasteiger partial charge >= 0.3 is 0 Å². The SMILES string of the molecule is Cc1cc(F)c(C(=O)Nc2cccc(-c3nncn3C(C)C)n2)cc1NC(=O)[C@@H]1C[C@@H]1F. The molecule has 1 aromatic carbocycles. The van der Waals surface area contributed by atoms with Crippen molar-refractivity contribution in [2.45, 2.75) is 39.4 Å². The van der Waals surface area contributed by atoms with Gasteiger partial charge in [0.2, 0.25) is 5.91 Å². The molecule has 2 N–H and O–H groups in total. The van der Waals surface area contributed by atoms with Gasteiger partial charge in [-0.15, -0.1) is 10.2 Å². The fourth-order valence-electron chi connectivity index (χ4n) is 3.26. The molecule has 2 amide bonds. The minimum absolute atomic E-state index is 0.110. The number of carbonyl (C=O) groups is 2. The molecular weight excluding hydrogens is 418 g/mol. The molecule has 0 saturated heterocycles. The van der Waals surface area contributed by atoms with Crippen LogP contribution in [0, 0.1) is 18.7 Å². The minimum Gasteiger partial charge on any atom is -0.325 e. The van der Waals surface area contributed by atoms with E-state index in [1.807, 2.05) is 18.4 Å². The molecule has 32 heavy (non-hydrogen) atoms. The van der Waals surface area contributed by atoms with Gasteiger partial charge in [-0.2, -0.15) is 0 Å². The van der Waals surface area contributed by atoms with E-state index in [0.717, 1.165) is 6.07 Å². The van der Waals surface area contributed by atoms with Crippen LogP contribution < -0.4 is 10.6 Å². The van der Waals surface area contributed by atoms with E-state index in [2.05, 4.69) is 25.8 Å². The summed E-state index contributed by atoms with van der Waals surface area (Å²) in [6.45, 7) is 5.55. The standard InChI is InChI=1S/C22H22F2N6O2/c1-11(2)30-10-25-29-20(30)17-5-4-6-19(26-17)28-22(32)14-9-18(12(3)7-15(14)23)27-21(31)13-8-16(13)24/h4-7,9-11,13,16H,8H2,1-3H3,(H,27,31)(H,26,28,32)/t13-,16+/m1/s1. The Kier molecular flexibility index (Phi) is 5.68. The topological polar surface area (TPSA) is 102 Å². The van der Waals surface area contributed by atoms with E-state index in [0.29, 0.717) is 17.1 Å². The van der Waals surface area contributed by atoms with Crippen molar-refractivity contribution in [3.8, 4) is 11.5 Å². The summed E-state index contributed by atoms with van der Waals surface area (Å²) in [5, 5.41) is 13.1. The summed E-state index contributed by atoms with van der Waals surface area (Å²) in [5.74, 6) is -1.92. The quantitative estimate of drug-likeness (QED) is 0.605. The molecule has 0 aliphatic heterocycles. The average molecular weight is 440 g/mol. The van der Waals surface area contributed by atoms with E-state index in [9.17, 15) is 18.4 Å². The number of amides is 2. The first-order valence-corrected chi connectivity index (χ1v) is 10.2. The average Bonchev–Trinajstić information content (AvgIpc) is 3.27. The number of rotatable bonds is 6. The van der Waals surface area contributed by atoms with Crippen molar-refractivity contribution >= 4 is 23.3 Å². The number of alkyl halides is 1. The number of hydrogen-bond acceptors (Lipinski definition) is 5. The van der Waals surface area contributed by atoms with Gasteiger partial charge in [-0.05, 0) is 57.0 Å². The van der Waals surface area contributed by atoms with Crippen LogP contribution in [0.4, 0.5) is 20.3 Å². The summed E-state index contributed by atoms with van der Waals surface area (Å²) in [5.41, 5.74) is 0.914. The minimum atomic E-state index is -1.15. The second-order valence-corrected chi connectivity index (χ2v) is 8.01. The number of pyridine rings is 1. The number of aryl methyl sites for hydroxylation is 1. The third-order valence-electron chi connectivity index (χ3n) is 5.22. The van der Waals surface area contributed by atoms with Crippen molar-refractivity contribution in [3.63, 3.8) is 0 Å². The van der Waals surface area contributed by atoms with Crippen molar-refractivity contribution in [3.05, 3.63) is 53.6 Å². The predicted octanol–water partition coefficient (Wildman–Crippen LogP) is 3.92. The van der Waals surface area contributed by atoms with Crippen LogP contribution in [0.5, 0.6) is 0 Å². The van der Waals surface area contributed by atoms with Gasteiger partial charge < -0.3 is 15.2 Å². The van der Waals surface area contributed by atoms with E-state index in [-0.39, 0.29) is 29.5 Å².